The molecule has 178 valence electrons. The fraction of sp³-hybridized carbons (Fsp3) is 0.135. The van der Waals surface area contributed by atoms with Crippen molar-refractivity contribution < 1.29 is 0 Å². The predicted molar refractivity (Wildman–Crippen MR) is 158 cm³/mol. The van der Waals surface area contributed by atoms with Gasteiger partial charge in [0, 0.05) is 5.41 Å². The molecule has 37 heavy (non-hydrogen) atoms. The van der Waals surface area contributed by atoms with Crippen molar-refractivity contribution in [2.24, 2.45) is 0 Å². The van der Waals surface area contributed by atoms with Gasteiger partial charge in [-0.25, -0.2) is 0 Å². The monoisotopic (exact) mass is 474 g/mol. The van der Waals surface area contributed by atoms with Gasteiger partial charge in [-0.2, -0.15) is 0 Å². The highest BCUT2D eigenvalue weighted by atomic mass is 14.4. The zero-order chi connectivity index (χ0) is 25.0. The number of hydrogen-bond acceptors (Lipinski definition) is 0. The van der Waals surface area contributed by atoms with E-state index in [9.17, 15) is 0 Å². The van der Waals surface area contributed by atoms with Crippen molar-refractivity contribution >= 4 is 21.5 Å². The Bertz CT molecular complexity index is 1670. The minimum Gasteiger partial charge on any atom is -0.0616 e. The van der Waals surface area contributed by atoms with Gasteiger partial charge in [0.05, 0.1) is 0 Å². The zero-order valence-corrected chi connectivity index (χ0v) is 21.5. The Hall–Kier alpha value is -4.16. The van der Waals surface area contributed by atoms with Crippen LogP contribution in [0.4, 0.5) is 0 Å². The average molecular weight is 475 g/mol. The van der Waals surface area contributed by atoms with E-state index in [1.165, 1.54) is 66.1 Å². The van der Waals surface area contributed by atoms with Gasteiger partial charge in [-0.05, 0) is 78.9 Å². The maximum atomic E-state index is 2.45. The van der Waals surface area contributed by atoms with E-state index in [2.05, 4.69) is 135 Å². The van der Waals surface area contributed by atoms with Crippen LogP contribution in [0.25, 0.3) is 32.7 Å². The molecule has 1 aliphatic rings. The van der Waals surface area contributed by atoms with Crippen LogP contribution in [-0.2, 0) is 18.3 Å². The van der Waals surface area contributed by atoms with Gasteiger partial charge in [-0.3, -0.25) is 0 Å². The third-order valence-electron chi connectivity index (χ3n) is 8.25. The van der Waals surface area contributed by atoms with Crippen LogP contribution in [0, 0.1) is 0 Å². The summed E-state index contributed by atoms with van der Waals surface area (Å²) >= 11 is 0. The van der Waals surface area contributed by atoms with Crippen LogP contribution in [0.5, 0.6) is 0 Å². The standard InChI is InChI=1S/C37H30/c1-37(2)35-23-27(19-25-11-15-29-7-3-5-9-31(29)21-25)13-17-33(35)34-18-14-28(24-36(34)37)20-26-12-16-30-8-4-6-10-32(30)22-26/h3-18,21-24H,19-20H2,1-2H3. The average Bonchev–Trinajstić information content (AvgIpc) is 3.14. The molecule has 0 fully saturated rings. The van der Waals surface area contributed by atoms with E-state index < -0.39 is 0 Å². The van der Waals surface area contributed by atoms with E-state index in [0.717, 1.165) is 12.8 Å². The molecule has 7 rings (SSSR count). The fourth-order valence-electron chi connectivity index (χ4n) is 6.22. The molecule has 0 heterocycles. The highest BCUT2D eigenvalue weighted by Gasteiger charge is 2.35. The smallest absolute Gasteiger partial charge is 0.0159 e. The molecule has 0 amide bonds. The third kappa shape index (κ3) is 3.85. The summed E-state index contributed by atoms with van der Waals surface area (Å²) in [6.45, 7) is 4.77. The lowest BCUT2D eigenvalue weighted by Gasteiger charge is -2.22. The van der Waals surface area contributed by atoms with Crippen LogP contribution in [0.15, 0.2) is 121 Å². The van der Waals surface area contributed by atoms with Crippen LogP contribution in [0.3, 0.4) is 0 Å². The quantitative estimate of drug-likeness (QED) is 0.239. The molecular formula is C37H30. The minimum absolute atomic E-state index is 0.0105. The van der Waals surface area contributed by atoms with Crippen molar-refractivity contribution in [3.63, 3.8) is 0 Å². The topological polar surface area (TPSA) is 0 Å². The lowest BCUT2D eigenvalue weighted by atomic mass is 9.81. The van der Waals surface area contributed by atoms with E-state index in [4.69, 9.17) is 0 Å². The zero-order valence-electron chi connectivity index (χ0n) is 21.5. The van der Waals surface area contributed by atoms with Gasteiger partial charge in [0.25, 0.3) is 0 Å². The predicted octanol–water partition coefficient (Wildman–Crippen LogP) is 9.48. The Morgan fingerprint density at radius 2 is 0.784 bits per heavy atom. The Kier molecular flexibility index (Phi) is 5.04. The molecule has 0 saturated heterocycles. The molecule has 0 N–H and O–H groups in total. The SMILES string of the molecule is CC1(C)c2cc(Cc3ccc4ccccc4c3)ccc2-c2ccc(Cc3ccc4ccccc4c3)cc21. The Labute approximate surface area is 219 Å². The van der Waals surface area contributed by atoms with Gasteiger partial charge in [0.2, 0.25) is 0 Å². The summed E-state index contributed by atoms with van der Waals surface area (Å²) in [5.41, 5.74) is 11.2. The van der Waals surface area contributed by atoms with Gasteiger partial charge >= 0.3 is 0 Å². The van der Waals surface area contributed by atoms with Crippen molar-refractivity contribution in [3.05, 3.63) is 155 Å². The molecule has 1 aliphatic carbocycles. The largest absolute Gasteiger partial charge is 0.0616 e. The molecule has 6 aromatic carbocycles. The van der Waals surface area contributed by atoms with E-state index in [1.54, 1.807) is 0 Å². The normalized spacial score (nSPS) is 13.6. The summed E-state index contributed by atoms with van der Waals surface area (Å²) in [6, 6.07) is 45.2. The van der Waals surface area contributed by atoms with Crippen molar-refractivity contribution in [2.75, 3.05) is 0 Å². The van der Waals surface area contributed by atoms with E-state index in [0.29, 0.717) is 0 Å². The fourth-order valence-corrected chi connectivity index (χ4v) is 6.22. The summed E-state index contributed by atoms with van der Waals surface area (Å²) in [6.07, 6.45) is 1.91. The first-order valence-corrected chi connectivity index (χ1v) is 13.3. The minimum atomic E-state index is -0.0105. The molecular weight excluding hydrogens is 444 g/mol. The molecule has 6 aromatic rings. The number of benzene rings is 6. The molecule has 0 aromatic heterocycles. The Morgan fingerprint density at radius 1 is 0.405 bits per heavy atom. The summed E-state index contributed by atoms with van der Waals surface area (Å²) in [4.78, 5) is 0. The first-order chi connectivity index (χ1) is 18.0. The summed E-state index contributed by atoms with van der Waals surface area (Å²) in [7, 11) is 0. The van der Waals surface area contributed by atoms with Crippen molar-refractivity contribution in [3.8, 4) is 11.1 Å². The molecule has 0 spiro atoms. The van der Waals surface area contributed by atoms with Crippen molar-refractivity contribution in [1.82, 2.24) is 0 Å². The number of fused-ring (bicyclic) bond motifs is 5. The first kappa shape index (κ1) is 22.1. The van der Waals surface area contributed by atoms with Gasteiger partial charge in [0.15, 0.2) is 0 Å². The highest BCUT2D eigenvalue weighted by molar-refractivity contribution is 5.84. The Balaban J connectivity index is 1.19. The summed E-state index contributed by atoms with van der Waals surface area (Å²) in [5.74, 6) is 0. The van der Waals surface area contributed by atoms with Crippen LogP contribution in [0.2, 0.25) is 0 Å². The second-order valence-corrected chi connectivity index (χ2v) is 11.1. The van der Waals surface area contributed by atoms with E-state index in [-0.39, 0.29) is 5.41 Å². The van der Waals surface area contributed by atoms with Crippen LogP contribution in [-0.4, -0.2) is 0 Å². The molecule has 0 saturated carbocycles. The molecule has 0 radical (unpaired) electrons. The van der Waals surface area contributed by atoms with E-state index in [1.807, 2.05) is 0 Å². The van der Waals surface area contributed by atoms with Crippen molar-refractivity contribution in [2.45, 2.75) is 32.1 Å². The van der Waals surface area contributed by atoms with Gasteiger partial charge in [-0.1, -0.05) is 135 Å². The second-order valence-electron chi connectivity index (χ2n) is 11.1. The Morgan fingerprint density at radius 3 is 1.24 bits per heavy atom. The van der Waals surface area contributed by atoms with Crippen LogP contribution >= 0.6 is 0 Å². The van der Waals surface area contributed by atoms with Gasteiger partial charge < -0.3 is 0 Å². The molecule has 0 heteroatoms. The summed E-state index contributed by atoms with van der Waals surface area (Å²) < 4.78 is 0. The highest BCUT2D eigenvalue weighted by Crippen LogP contribution is 2.49. The summed E-state index contributed by atoms with van der Waals surface area (Å²) in [5, 5.41) is 5.23. The maximum absolute atomic E-state index is 2.45. The lowest BCUT2D eigenvalue weighted by molar-refractivity contribution is 0.658. The third-order valence-corrected chi connectivity index (χ3v) is 8.25. The lowest BCUT2D eigenvalue weighted by Crippen LogP contribution is -2.15. The van der Waals surface area contributed by atoms with Crippen molar-refractivity contribution in [1.29, 1.82) is 0 Å². The van der Waals surface area contributed by atoms with Gasteiger partial charge in [-0.15, -0.1) is 0 Å². The van der Waals surface area contributed by atoms with Crippen LogP contribution in [0.1, 0.15) is 47.2 Å². The van der Waals surface area contributed by atoms with Gasteiger partial charge in [0.1, 0.15) is 0 Å². The van der Waals surface area contributed by atoms with Crippen LogP contribution < -0.4 is 0 Å². The molecule has 0 bridgehead atoms. The number of hydrogen-bond donors (Lipinski definition) is 0. The molecule has 0 nitrogen and oxygen atoms in total. The molecule has 0 atom stereocenters. The maximum Gasteiger partial charge on any atom is 0.0159 e. The first-order valence-electron chi connectivity index (χ1n) is 13.3. The molecule has 0 unspecified atom stereocenters. The molecule has 0 aliphatic heterocycles. The number of rotatable bonds is 4. The van der Waals surface area contributed by atoms with E-state index >= 15 is 0 Å². The second kappa shape index (κ2) is 8.46.